The zero-order valence-electron chi connectivity index (χ0n) is 9.94. The lowest BCUT2D eigenvalue weighted by atomic mass is 10.1. The van der Waals surface area contributed by atoms with Gasteiger partial charge in [-0.2, -0.15) is 0 Å². The Morgan fingerprint density at radius 1 is 1.50 bits per heavy atom. The molecule has 18 heavy (non-hydrogen) atoms. The molecule has 1 N–H and O–H groups in total. The number of amides is 1. The Labute approximate surface area is 115 Å². The monoisotopic (exact) mass is 280 g/mol. The third-order valence-electron chi connectivity index (χ3n) is 2.40. The van der Waals surface area contributed by atoms with Crippen LogP contribution < -0.4 is 5.32 Å². The van der Waals surface area contributed by atoms with Crippen molar-refractivity contribution in [1.29, 1.82) is 0 Å². The number of carbonyl (C=O) groups excluding carboxylic acids is 1. The third-order valence-corrected chi connectivity index (χ3v) is 3.60. The fourth-order valence-electron chi connectivity index (χ4n) is 1.55. The Hall–Kier alpha value is -1.39. The summed E-state index contributed by atoms with van der Waals surface area (Å²) in [5.74, 6) is -0.116. The summed E-state index contributed by atoms with van der Waals surface area (Å²) in [6, 6.07) is 7.64. The second-order valence-corrected chi connectivity index (χ2v) is 5.22. The summed E-state index contributed by atoms with van der Waals surface area (Å²) in [6.07, 6.45) is 0.761. The van der Waals surface area contributed by atoms with Crippen LogP contribution in [0.25, 0.3) is 0 Å². The highest BCUT2D eigenvalue weighted by molar-refractivity contribution is 7.11. The van der Waals surface area contributed by atoms with Crippen molar-refractivity contribution in [1.82, 2.24) is 10.3 Å². The van der Waals surface area contributed by atoms with Crippen molar-refractivity contribution >= 4 is 28.8 Å². The van der Waals surface area contributed by atoms with Crippen molar-refractivity contribution in [2.24, 2.45) is 0 Å². The molecule has 0 unspecified atom stereocenters. The van der Waals surface area contributed by atoms with Crippen LogP contribution in [0.2, 0.25) is 5.02 Å². The van der Waals surface area contributed by atoms with Gasteiger partial charge in [0.15, 0.2) is 5.01 Å². The molecule has 0 spiro atoms. The van der Waals surface area contributed by atoms with E-state index in [0.717, 1.165) is 22.7 Å². The Morgan fingerprint density at radius 2 is 2.33 bits per heavy atom. The van der Waals surface area contributed by atoms with Crippen LogP contribution in [0.15, 0.2) is 29.6 Å². The molecule has 3 nitrogen and oxygen atoms in total. The molecule has 1 heterocycles. The van der Waals surface area contributed by atoms with Gasteiger partial charge in [0.25, 0.3) is 5.91 Å². The smallest absolute Gasteiger partial charge is 0.280 e. The minimum atomic E-state index is -0.116. The van der Waals surface area contributed by atoms with Gasteiger partial charge < -0.3 is 5.32 Å². The molecule has 2 rings (SSSR count). The molecule has 94 valence electrons. The zero-order valence-corrected chi connectivity index (χ0v) is 11.5. The molecule has 0 saturated heterocycles. The first kappa shape index (κ1) is 13.1. The van der Waals surface area contributed by atoms with Crippen molar-refractivity contribution in [3.05, 3.63) is 50.9 Å². The normalized spacial score (nSPS) is 10.3. The lowest BCUT2D eigenvalue weighted by Gasteiger charge is -2.03. The van der Waals surface area contributed by atoms with Gasteiger partial charge in [0.2, 0.25) is 0 Å². The summed E-state index contributed by atoms with van der Waals surface area (Å²) in [5, 5.41) is 5.94. The van der Waals surface area contributed by atoms with Gasteiger partial charge in [-0.1, -0.05) is 23.7 Å². The predicted octanol–water partition coefficient (Wildman–Crippen LogP) is 3.08. The van der Waals surface area contributed by atoms with Crippen molar-refractivity contribution in [3.8, 4) is 0 Å². The lowest BCUT2D eigenvalue weighted by Crippen LogP contribution is -2.25. The average Bonchev–Trinajstić information content (AvgIpc) is 2.76. The highest BCUT2D eigenvalue weighted by Gasteiger charge is 2.08. The van der Waals surface area contributed by atoms with E-state index in [1.807, 2.05) is 36.6 Å². The number of hydrogen-bond acceptors (Lipinski definition) is 3. The molecular formula is C13H13ClN2OS. The molecule has 0 fully saturated rings. The van der Waals surface area contributed by atoms with Crippen LogP contribution in [0.5, 0.6) is 0 Å². The second-order valence-electron chi connectivity index (χ2n) is 3.93. The molecule has 5 heteroatoms. The molecule has 1 amide bonds. The van der Waals surface area contributed by atoms with Gasteiger partial charge in [-0.25, -0.2) is 4.98 Å². The summed E-state index contributed by atoms with van der Waals surface area (Å²) in [6.45, 7) is 2.46. The fourth-order valence-corrected chi connectivity index (χ4v) is 2.47. The topological polar surface area (TPSA) is 42.0 Å². The van der Waals surface area contributed by atoms with Crippen LogP contribution in [0, 0.1) is 6.92 Å². The first-order chi connectivity index (χ1) is 8.65. The number of halogens is 1. The Balaban J connectivity index is 1.84. The minimum absolute atomic E-state index is 0.116. The van der Waals surface area contributed by atoms with Crippen LogP contribution in [-0.2, 0) is 6.42 Å². The maximum atomic E-state index is 11.7. The molecule has 1 aromatic carbocycles. The molecule has 0 aliphatic carbocycles. The van der Waals surface area contributed by atoms with Gasteiger partial charge in [0, 0.05) is 22.6 Å². The largest absolute Gasteiger partial charge is 0.350 e. The van der Waals surface area contributed by atoms with Gasteiger partial charge in [-0.3, -0.25) is 4.79 Å². The van der Waals surface area contributed by atoms with E-state index >= 15 is 0 Å². The molecule has 0 saturated carbocycles. The molecule has 2 aromatic rings. The van der Waals surface area contributed by atoms with Gasteiger partial charge in [0.05, 0.1) is 0 Å². The number of rotatable bonds is 4. The molecular weight excluding hydrogens is 268 g/mol. The average molecular weight is 281 g/mol. The van der Waals surface area contributed by atoms with Crippen molar-refractivity contribution < 1.29 is 4.79 Å². The van der Waals surface area contributed by atoms with Gasteiger partial charge in [-0.15, -0.1) is 11.3 Å². The van der Waals surface area contributed by atoms with Gasteiger partial charge in [-0.05, 0) is 31.0 Å². The number of aryl methyl sites for hydroxylation is 1. The van der Waals surface area contributed by atoms with E-state index in [1.54, 1.807) is 0 Å². The second kappa shape index (κ2) is 5.98. The van der Waals surface area contributed by atoms with Crippen LogP contribution in [0.4, 0.5) is 0 Å². The van der Waals surface area contributed by atoms with Crippen molar-refractivity contribution in [3.63, 3.8) is 0 Å². The Bertz CT molecular complexity index is 553. The number of nitrogens with zero attached hydrogens (tertiary/aromatic N) is 1. The van der Waals surface area contributed by atoms with E-state index in [2.05, 4.69) is 10.3 Å². The molecule has 0 aliphatic heterocycles. The molecule has 0 aliphatic rings. The number of benzene rings is 1. The molecule has 0 bridgehead atoms. The van der Waals surface area contributed by atoms with Crippen LogP contribution in [-0.4, -0.2) is 17.4 Å². The predicted molar refractivity (Wildman–Crippen MR) is 74.3 cm³/mol. The third kappa shape index (κ3) is 3.55. The van der Waals surface area contributed by atoms with E-state index in [9.17, 15) is 4.79 Å². The maximum absolute atomic E-state index is 11.7. The van der Waals surface area contributed by atoms with Crippen LogP contribution >= 0.6 is 22.9 Å². The van der Waals surface area contributed by atoms with E-state index in [4.69, 9.17) is 11.6 Å². The number of aromatic nitrogens is 1. The number of carbonyl (C=O) groups is 1. The summed E-state index contributed by atoms with van der Waals surface area (Å²) in [4.78, 5) is 15.9. The summed E-state index contributed by atoms with van der Waals surface area (Å²) in [5.41, 5.74) is 1.98. The molecule has 1 aromatic heterocycles. The van der Waals surface area contributed by atoms with Crippen molar-refractivity contribution in [2.75, 3.05) is 6.54 Å². The van der Waals surface area contributed by atoms with E-state index in [1.165, 1.54) is 11.3 Å². The van der Waals surface area contributed by atoms with E-state index in [0.29, 0.717) is 11.6 Å². The molecule has 0 radical (unpaired) electrons. The quantitative estimate of drug-likeness (QED) is 0.935. The van der Waals surface area contributed by atoms with E-state index in [-0.39, 0.29) is 5.91 Å². The minimum Gasteiger partial charge on any atom is -0.350 e. The zero-order chi connectivity index (χ0) is 13.0. The van der Waals surface area contributed by atoms with Gasteiger partial charge in [0.1, 0.15) is 0 Å². The van der Waals surface area contributed by atoms with Crippen LogP contribution in [0.3, 0.4) is 0 Å². The number of nitrogens with one attached hydrogen (secondary N) is 1. The number of hydrogen-bond donors (Lipinski definition) is 1. The fraction of sp³-hybridized carbons (Fsp3) is 0.231. The highest BCUT2D eigenvalue weighted by Crippen LogP contribution is 2.11. The number of thiazole rings is 1. The van der Waals surface area contributed by atoms with Gasteiger partial charge >= 0.3 is 0 Å². The molecule has 0 atom stereocenters. The first-order valence-corrected chi connectivity index (χ1v) is 6.85. The first-order valence-electron chi connectivity index (χ1n) is 5.60. The van der Waals surface area contributed by atoms with Crippen molar-refractivity contribution in [2.45, 2.75) is 13.3 Å². The van der Waals surface area contributed by atoms with Crippen LogP contribution in [0.1, 0.15) is 21.1 Å². The maximum Gasteiger partial charge on any atom is 0.280 e. The lowest BCUT2D eigenvalue weighted by molar-refractivity contribution is 0.0953. The Kier molecular flexibility index (Phi) is 4.33. The van der Waals surface area contributed by atoms with E-state index < -0.39 is 0 Å². The Morgan fingerprint density at radius 3 is 3.00 bits per heavy atom. The summed E-state index contributed by atoms with van der Waals surface area (Å²) < 4.78 is 0. The SMILES string of the molecule is Cc1csc(C(=O)NCCc2cccc(Cl)c2)n1. The highest BCUT2D eigenvalue weighted by atomic mass is 35.5. The summed E-state index contributed by atoms with van der Waals surface area (Å²) >= 11 is 7.25. The standard InChI is InChI=1S/C13H13ClN2OS/c1-9-8-18-13(16-9)12(17)15-6-5-10-3-2-4-11(14)7-10/h2-4,7-8H,5-6H2,1H3,(H,15,17). The summed E-state index contributed by atoms with van der Waals surface area (Å²) in [7, 11) is 0.